The molecule has 0 aliphatic heterocycles. The van der Waals surface area contributed by atoms with Crippen LogP contribution in [0.3, 0.4) is 0 Å². The minimum Gasteiger partial charge on any atom is -0.388 e. The van der Waals surface area contributed by atoms with Crippen molar-refractivity contribution in [2.24, 2.45) is 0 Å². The van der Waals surface area contributed by atoms with Crippen molar-refractivity contribution in [2.75, 3.05) is 0 Å². The van der Waals surface area contributed by atoms with Gasteiger partial charge >= 0.3 is 6.18 Å². The summed E-state index contributed by atoms with van der Waals surface area (Å²) < 4.78 is 35.9. The van der Waals surface area contributed by atoms with Crippen molar-refractivity contribution < 1.29 is 18.3 Å². The van der Waals surface area contributed by atoms with E-state index < -0.39 is 18.7 Å². The first-order valence-electron chi connectivity index (χ1n) is 5.76. The van der Waals surface area contributed by atoms with E-state index in [0.29, 0.717) is 0 Å². The van der Waals surface area contributed by atoms with Gasteiger partial charge in [0.25, 0.3) is 0 Å². The Hall–Kier alpha value is -1.03. The van der Waals surface area contributed by atoms with Gasteiger partial charge in [-0.25, -0.2) is 0 Å². The molecule has 0 amide bonds. The summed E-state index contributed by atoms with van der Waals surface area (Å²) in [6, 6.07) is 7.33. The van der Waals surface area contributed by atoms with Crippen molar-refractivity contribution in [3.05, 3.63) is 35.4 Å². The van der Waals surface area contributed by atoms with Gasteiger partial charge in [-0.1, -0.05) is 31.2 Å². The second-order valence-corrected chi connectivity index (χ2v) is 4.08. The largest absolute Gasteiger partial charge is 0.389 e. The molecule has 1 rings (SSSR count). The zero-order valence-corrected chi connectivity index (χ0v) is 9.80. The summed E-state index contributed by atoms with van der Waals surface area (Å²) in [4.78, 5) is 0. The molecule has 0 aliphatic rings. The van der Waals surface area contributed by atoms with Crippen LogP contribution in [-0.2, 0) is 6.42 Å². The fourth-order valence-electron chi connectivity index (χ4n) is 1.83. The molecule has 0 spiro atoms. The average Bonchev–Trinajstić information content (AvgIpc) is 2.27. The van der Waals surface area contributed by atoms with Crippen molar-refractivity contribution in [3.8, 4) is 0 Å². The molecule has 0 bridgehead atoms. The topological polar surface area (TPSA) is 20.2 Å². The molecular weight excluding hydrogens is 229 g/mol. The van der Waals surface area contributed by atoms with E-state index in [0.717, 1.165) is 17.5 Å². The van der Waals surface area contributed by atoms with Crippen LogP contribution in [-0.4, -0.2) is 11.3 Å². The predicted molar refractivity (Wildman–Crippen MR) is 60.7 cm³/mol. The number of hydrogen-bond acceptors (Lipinski definition) is 1. The first-order valence-corrected chi connectivity index (χ1v) is 5.76. The van der Waals surface area contributed by atoms with E-state index in [1.165, 1.54) is 0 Å². The Labute approximate surface area is 99.3 Å². The van der Waals surface area contributed by atoms with E-state index in [4.69, 9.17) is 0 Å². The number of alkyl halides is 3. The molecule has 96 valence electrons. The Morgan fingerprint density at radius 1 is 1.24 bits per heavy atom. The Morgan fingerprint density at radius 2 is 1.88 bits per heavy atom. The third-order valence-corrected chi connectivity index (χ3v) is 2.73. The molecule has 17 heavy (non-hydrogen) atoms. The van der Waals surface area contributed by atoms with Crippen molar-refractivity contribution in [2.45, 2.75) is 44.9 Å². The molecule has 1 N–H and O–H groups in total. The zero-order valence-electron chi connectivity index (χ0n) is 9.80. The molecule has 0 saturated heterocycles. The quantitative estimate of drug-likeness (QED) is 0.832. The van der Waals surface area contributed by atoms with E-state index in [2.05, 4.69) is 0 Å². The summed E-state index contributed by atoms with van der Waals surface area (Å²) >= 11 is 0. The van der Waals surface area contributed by atoms with Gasteiger partial charge in [-0.15, -0.1) is 0 Å². The number of benzene rings is 1. The molecule has 0 aliphatic carbocycles. The second-order valence-electron chi connectivity index (χ2n) is 4.08. The maximum absolute atomic E-state index is 12.0. The van der Waals surface area contributed by atoms with E-state index in [9.17, 15) is 18.3 Å². The molecule has 1 aromatic carbocycles. The molecule has 0 fully saturated rings. The lowest BCUT2D eigenvalue weighted by atomic mass is 9.97. The number of aryl methyl sites for hydroxylation is 1. The highest BCUT2D eigenvalue weighted by molar-refractivity contribution is 5.28. The van der Waals surface area contributed by atoms with Crippen LogP contribution in [0.1, 0.15) is 43.4 Å². The van der Waals surface area contributed by atoms with Gasteiger partial charge in [0.15, 0.2) is 0 Å². The molecule has 0 aromatic heterocycles. The van der Waals surface area contributed by atoms with Gasteiger partial charge in [0.1, 0.15) is 0 Å². The first kappa shape index (κ1) is 14.0. The molecule has 0 saturated carbocycles. The molecule has 1 nitrogen and oxygen atoms in total. The Kier molecular flexibility index (Phi) is 5.00. The summed E-state index contributed by atoms with van der Waals surface area (Å²) in [6.45, 7) is 1.96. The highest BCUT2D eigenvalue weighted by Crippen LogP contribution is 2.27. The predicted octanol–water partition coefficient (Wildman–Crippen LogP) is 4.02. The van der Waals surface area contributed by atoms with Gasteiger partial charge in [0.05, 0.1) is 6.10 Å². The SMILES string of the molecule is CCc1ccccc1C(O)CCCC(F)(F)F. The van der Waals surface area contributed by atoms with Gasteiger partial charge in [-0.2, -0.15) is 13.2 Å². The van der Waals surface area contributed by atoms with Gasteiger partial charge in [0, 0.05) is 6.42 Å². The molecule has 1 unspecified atom stereocenters. The van der Waals surface area contributed by atoms with Crippen LogP contribution in [0.4, 0.5) is 13.2 Å². The second kappa shape index (κ2) is 6.05. The highest BCUT2D eigenvalue weighted by Gasteiger charge is 2.26. The van der Waals surface area contributed by atoms with E-state index in [-0.39, 0.29) is 12.8 Å². The summed E-state index contributed by atoms with van der Waals surface area (Å²) in [5, 5.41) is 9.86. The van der Waals surface area contributed by atoms with Crippen molar-refractivity contribution in [1.29, 1.82) is 0 Å². The van der Waals surface area contributed by atoms with Crippen LogP contribution in [0.5, 0.6) is 0 Å². The van der Waals surface area contributed by atoms with E-state index in [1.54, 1.807) is 12.1 Å². The lowest BCUT2D eigenvalue weighted by Gasteiger charge is -2.15. The minimum atomic E-state index is -4.13. The Morgan fingerprint density at radius 3 is 2.47 bits per heavy atom. The van der Waals surface area contributed by atoms with Crippen LogP contribution in [0.15, 0.2) is 24.3 Å². The number of aliphatic hydroxyl groups is 1. The van der Waals surface area contributed by atoms with E-state index >= 15 is 0 Å². The molecular formula is C13H17F3O. The monoisotopic (exact) mass is 246 g/mol. The highest BCUT2D eigenvalue weighted by atomic mass is 19.4. The Bertz CT molecular complexity index is 347. The van der Waals surface area contributed by atoms with Crippen LogP contribution in [0.2, 0.25) is 0 Å². The first-order chi connectivity index (χ1) is 7.94. The van der Waals surface area contributed by atoms with Crippen LogP contribution < -0.4 is 0 Å². The normalized spacial score (nSPS) is 13.7. The number of halogens is 3. The maximum atomic E-state index is 12.0. The van der Waals surface area contributed by atoms with Gasteiger partial charge in [0.2, 0.25) is 0 Å². The Balaban J connectivity index is 2.55. The molecule has 0 radical (unpaired) electrons. The summed E-state index contributed by atoms with van der Waals surface area (Å²) in [6.07, 6.45) is -4.89. The smallest absolute Gasteiger partial charge is 0.388 e. The lowest BCUT2D eigenvalue weighted by Crippen LogP contribution is -2.08. The van der Waals surface area contributed by atoms with Crippen molar-refractivity contribution in [1.82, 2.24) is 0 Å². The molecule has 4 heteroatoms. The van der Waals surface area contributed by atoms with Crippen LogP contribution >= 0.6 is 0 Å². The minimum absolute atomic E-state index is 0.0390. The standard InChI is InChI=1S/C13H17F3O/c1-2-10-6-3-4-7-11(10)12(17)8-5-9-13(14,15)16/h3-4,6-7,12,17H,2,5,8-9H2,1H3. The molecule has 0 heterocycles. The van der Waals surface area contributed by atoms with Crippen molar-refractivity contribution in [3.63, 3.8) is 0 Å². The summed E-state index contributed by atoms with van der Waals surface area (Å²) in [5.41, 5.74) is 1.74. The van der Waals surface area contributed by atoms with Crippen molar-refractivity contribution >= 4 is 0 Å². The third-order valence-electron chi connectivity index (χ3n) is 2.73. The fourth-order valence-corrected chi connectivity index (χ4v) is 1.83. The average molecular weight is 246 g/mol. The van der Waals surface area contributed by atoms with Gasteiger partial charge in [-0.3, -0.25) is 0 Å². The number of rotatable bonds is 5. The maximum Gasteiger partial charge on any atom is 0.389 e. The van der Waals surface area contributed by atoms with Gasteiger partial charge < -0.3 is 5.11 Å². The van der Waals surface area contributed by atoms with E-state index in [1.807, 2.05) is 19.1 Å². The zero-order chi connectivity index (χ0) is 12.9. The van der Waals surface area contributed by atoms with Crippen LogP contribution in [0, 0.1) is 0 Å². The molecule has 1 aromatic rings. The molecule has 1 atom stereocenters. The van der Waals surface area contributed by atoms with Crippen LogP contribution in [0.25, 0.3) is 0 Å². The lowest BCUT2D eigenvalue weighted by molar-refractivity contribution is -0.136. The number of aliphatic hydroxyl groups excluding tert-OH is 1. The summed E-state index contributed by atoms with van der Waals surface area (Å²) in [7, 11) is 0. The number of hydrogen-bond donors (Lipinski definition) is 1. The third kappa shape index (κ3) is 4.77. The summed E-state index contributed by atoms with van der Waals surface area (Å²) in [5.74, 6) is 0. The van der Waals surface area contributed by atoms with Gasteiger partial charge in [-0.05, 0) is 30.4 Å². The fraction of sp³-hybridized carbons (Fsp3) is 0.538.